The molecule has 0 radical (unpaired) electrons. The molecule has 4 rings (SSSR count). The maximum absolute atomic E-state index is 12.8. The molecule has 0 saturated heterocycles. The van der Waals surface area contributed by atoms with Gasteiger partial charge in [-0.2, -0.15) is 10.4 Å². The number of rotatable bonds is 4. The number of hydrogen-bond acceptors (Lipinski definition) is 5. The van der Waals surface area contributed by atoms with Crippen molar-refractivity contribution in [2.45, 2.75) is 31.7 Å². The van der Waals surface area contributed by atoms with E-state index in [0.29, 0.717) is 5.69 Å². The van der Waals surface area contributed by atoms with Crippen LogP contribution in [-0.4, -0.2) is 25.9 Å². The Hall–Kier alpha value is -3.14. The van der Waals surface area contributed by atoms with Crippen molar-refractivity contribution >= 4 is 10.9 Å². The van der Waals surface area contributed by atoms with Gasteiger partial charge in [-0.25, -0.2) is 4.68 Å². The first kappa shape index (κ1) is 16.3. The number of nitrogens with zero attached hydrogens (tertiary/aromatic N) is 5. The van der Waals surface area contributed by atoms with Crippen LogP contribution in [0, 0.1) is 11.3 Å². The monoisotopic (exact) mass is 349 g/mol. The Kier molecular flexibility index (Phi) is 3.76. The molecule has 0 aliphatic heterocycles. The predicted octanol–water partition coefficient (Wildman–Crippen LogP) is 2.60. The second-order valence-electron chi connectivity index (χ2n) is 6.95. The van der Waals surface area contributed by atoms with Crippen LogP contribution < -0.4 is 10.3 Å². The van der Waals surface area contributed by atoms with Crippen molar-refractivity contribution < 1.29 is 4.74 Å². The van der Waals surface area contributed by atoms with Gasteiger partial charge in [0, 0.05) is 36.5 Å². The summed E-state index contributed by atoms with van der Waals surface area (Å²) in [6.45, 7) is 1.87. The average molecular weight is 349 g/mol. The third-order valence-corrected chi connectivity index (χ3v) is 5.18. The second kappa shape index (κ2) is 5.99. The van der Waals surface area contributed by atoms with Crippen LogP contribution in [-0.2, 0) is 12.6 Å². The molecule has 3 aromatic heterocycles. The molecule has 0 N–H and O–H groups in total. The molecule has 0 unspecified atom stereocenters. The Morgan fingerprint density at radius 1 is 1.42 bits per heavy atom. The van der Waals surface area contributed by atoms with Crippen molar-refractivity contribution in [3.8, 4) is 23.1 Å². The van der Waals surface area contributed by atoms with Gasteiger partial charge in [0.2, 0.25) is 0 Å². The fraction of sp³-hybridized carbons (Fsp3) is 0.368. The van der Waals surface area contributed by atoms with E-state index in [4.69, 9.17) is 10.00 Å². The Morgan fingerprint density at radius 2 is 2.23 bits per heavy atom. The van der Waals surface area contributed by atoms with Crippen LogP contribution in [0.25, 0.3) is 22.2 Å². The number of aromatic nitrogens is 4. The quantitative estimate of drug-likeness (QED) is 0.723. The molecule has 0 bridgehead atoms. The first-order valence-electron chi connectivity index (χ1n) is 8.57. The van der Waals surface area contributed by atoms with Gasteiger partial charge in [0.25, 0.3) is 0 Å². The van der Waals surface area contributed by atoms with Crippen LogP contribution in [0.2, 0.25) is 0 Å². The number of hydrogen-bond donors (Lipinski definition) is 0. The van der Waals surface area contributed by atoms with Gasteiger partial charge in [-0.3, -0.25) is 9.78 Å². The minimum Gasteiger partial charge on any atom is -0.473 e. The second-order valence-corrected chi connectivity index (χ2v) is 6.95. The van der Waals surface area contributed by atoms with Gasteiger partial charge < -0.3 is 9.30 Å². The largest absolute Gasteiger partial charge is 0.473 e. The highest BCUT2D eigenvalue weighted by Crippen LogP contribution is 2.38. The Balaban J connectivity index is 1.94. The summed E-state index contributed by atoms with van der Waals surface area (Å²) in [6.07, 6.45) is 8.39. The third kappa shape index (κ3) is 2.46. The van der Waals surface area contributed by atoms with Crippen molar-refractivity contribution in [1.29, 1.82) is 5.26 Å². The van der Waals surface area contributed by atoms with Crippen LogP contribution in [0.4, 0.5) is 0 Å². The van der Waals surface area contributed by atoms with Crippen molar-refractivity contribution in [2.75, 3.05) is 6.61 Å². The Morgan fingerprint density at radius 3 is 2.92 bits per heavy atom. The minimum atomic E-state index is -0.302. The first-order valence-corrected chi connectivity index (χ1v) is 8.57. The lowest BCUT2D eigenvalue weighted by Gasteiger charge is -2.39. The maximum Gasteiger partial charge on any atom is 0.309 e. The third-order valence-electron chi connectivity index (χ3n) is 5.18. The van der Waals surface area contributed by atoms with Crippen LogP contribution in [0.3, 0.4) is 0 Å². The highest BCUT2D eigenvalue weighted by Gasteiger charge is 2.37. The van der Waals surface area contributed by atoms with E-state index in [2.05, 4.69) is 10.1 Å². The van der Waals surface area contributed by atoms with Crippen molar-refractivity contribution in [1.82, 2.24) is 19.3 Å². The van der Waals surface area contributed by atoms with E-state index in [1.165, 1.54) is 0 Å². The summed E-state index contributed by atoms with van der Waals surface area (Å²) in [5.41, 5.74) is 1.96. The van der Waals surface area contributed by atoms with Gasteiger partial charge in [-0.1, -0.05) is 0 Å². The molecule has 26 heavy (non-hydrogen) atoms. The van der Waals surface area contributed by atoms with Crippen LogP contribution in [0.15, 0.2) is 35.5 Å². The maximum atomic E-state index is 12.8. The van der Waals surface area contributed by atoms with Crippen LogP contribution in [0.1, 0.15) is 26.2 Å². The molecule has 1 saturated carbocycles. The number of pyridine rings is 1. The molecule has 132 valence electrons. The highest BCUT2D eigenvalue weighted by molar-refractivity contribution is 5.94. The average Bonchev–Trinajstić information content (AvgIpc) is 2.96. The van der Waals surface area contributed by atoms with E-state index in [1.54, 1.807) is 23.1 Å². The number of ether oxygens (including phenoxy) is 1. The molecule has 7 heteroatoms. The fourth-order valence-corrected chi connectivity index (χ4v) is 3.52. The van der Waals surface area contributed by atoms with Crippen molar-refractivity contribution in [2.24, 2.45) is 7.05 Å². The van der Waals surface area contributed by atoms with Gasteiger partial charge in [0.1, 0.15) is 6.07 Å². The highest BCUT2D eigenvalue weighted by atomic mass is 16.5. The summed E-state index contributed by atoms with van der Waals surface area (Å²) in [5.74, 6) is 0.163. The summed E-state index contributed by atoms with van der Waals surface area (Å²) >= 11 is 0. The van der Waals surface area contributed by atoms with E-state index < -0.39 is 0 Å². The molecular weight excluding hydrogens is 330 g/mol. The van der Waals surface area contributed by atoms with Crippen LogP contribution >= 0.6 is 0 Å². The zero-order valence-corrected chi connectivity index (χ0v) is 14.8. The fourth-order valence-electron chi connectivity index (χ4n) is 3.52. The Bertz CT molecular complexity index is 1090. The zero-order chi connectivity index (χ0) is 18.3. The van der Waals surface area contributed by atoms with E-state index in [-0.39, 0.29) is 23.5 Å². The predicted molar refractivity (Wildman–Crippen MR) is 96.8 cm³/mol. The SMILES string of the molecule is Cn1cc(-c2cc(OCC#N)c(=O)n(C3(C)CCC3)n2)c2ccncc21. The minimum absolute atomic E-state index is 0.163. The molecule has 0 spiro atoms. The lowest BCUT2D eigenvalue weighted by Crippen LogP contribution is -2.45. The molecule has 0 aromatic carbocycles. The van der Waals surface area contributed by atoms with E-state index in [0.717, 1.165) is 35.7 Å². The lowest BCUT2D eigenvalue weighted by atomic mass is 9.78. The number of nitriles is 1. The summed E-state index contributed by atoms with van der Waals surface area (Å²) in [6, 6.07) is 5.48. The van der Waals surface area contributed by atoms with Crippen LogP contribution in [0.5, 0.6) is 5.75 Å². The van der Waals surface area contributed by atoms with Gasteiger partial charge in [0.15, 0.2) is 12.4 Å². The molecule has 0 atom stereocenters. The van der Waals surface area contributed by atoms with Gasteiger partial charge >= 0.3 is 5.56 Å². The molecule has 3 heterocycles. The summed E-state index contributed by atoms with van der Waals surface area (Å²) in [4.78, 5) is 17.0. The topological polar surface area (TPSA) is 85.7 Å². The number of fused-ring (bicyclic) bond motifs is 1. The molecule has 1 fully saturated rings. The van der Waals surface area contributed by atoms with Gasteiger partial charge in [0.05, 0.1) is 22.9 Å². The van der Waals surface area contributed by atoms with Crippen molar-refractivity contribution in [3.63, 3.8) is 0 Å². The molecule has 1 aliphatic rings. The van der Waals surface area contributed by atoms with Gasteiger partial charge in [-0.05, 0) is 32.3 Å². The summed E-state index contributed by atoms with van der Waals surface area (Å²) < 4.78 is 8.94. The normalized spacial score (nSPS) is 15.4. The molecular formula is C19H19N5O2. The molecule has 0 amide bonds. The van der Waals surface area contributed by atoms with Gasteiger partial charge in [-0.15, -0.1) is 0 Å². The lowest BCUT2D eigenvalue weighted by molar-refractivity contribution is 0.139. The van der Waals surface area contributed by atoms with E-state index in [1.807, 2.05) is 36.9 Å². The summed E-state index contributed by atoms with van der Waals surface area (Å²) in [7, 11) is 1.95. The van der Waals surface area contributed by atoms with E-state index >= 15 is 0 Å². The molecule has 3 aromatic rings. The standard InChI is InChI=1S/C19H19N5O2/c1-19(5-3-6-19)24-18(25)17(26-9-7-20)10-15(22-24)14-12-23(2)16-11-21-8-4-13(14)16/h4,8,10-12H,3,5-6,9H2,1-2H3. The molecule has 7 nitrogen and oxygen atoms in total. The summed E-state index contributed by atoms with van der Waals surface area (Å²) in [5, 5.41) is 14.5. The zero-order valence-electron chi connectivity index (χ0n) is 14.8. The van der Waals surface area contributed by atoms with Crippen molar-refractivity contribution in [3.05, 3.63) is 41.1 Å². The number of aryl methyl sites for hydroxylation is 1. The Labute approximate surface area is 150 Å². The smallest absolute Gasteiger partial charge is 0.309 e. The van der Waals surface area contributed by atoms with E-state index in [9.17, 15) is 4.79 Å². The molecule has 1 aliphatic carbocycles. The first-order chi connectivity index (χ1) is 12.5.